The number of amides is 4. The van der Waals surface area contributed by atoms with Gasteiger partial charge in [0.05, 0.1) is 9.92 Å². The Morgan fingerprint density at radius 1 is 1.23 bits per heavy atom. The number of carbonyl (C=O) groups is 3. The molecule has 9 nitrogen and oxygen atoms in total. The number of benzene rings is 1. The first-order chi connectivity index (χ1) is 14.5. The number of halogens is 2. The largest absolute Gasteiger partial charge is 0.338 e. The van der Waals surface area contributed by atoms with E-state index >= 15 is 0 Å². The highest BCUT2D eigenvalue weighted by Crippen LogP contribution is 2.42. The molecule has 0 radical (unpaired) electrons. The van der Waals surface area contributed by atoms with Crippen molar-refractivity contribution < 1.29 is 27.2 Å². The van der Waals surface area contributed by atoms with Crippen molar-refractivity contribution in [1.29, 1.82) is 0 Å². The Morgan fingerprint density at radius 3 is 2.45 bits per heavy atom. The predicted octanol–water partition coefficient (Wildman–Crippen LogP) is 1.03. The number of piperazine rings is 1. The summed E-state index contributed by atoms with van der Waals surface area (Å²) in [5.41, 5.74) is -0.958. The highest BCUT2D eigenvalue weighted by molar-refractivity contribution is 7.89. The normalized spacial score (nSPS) is 25.1. The van der Waals surface area contributed by atoms with E-state index in [1.54, 1.807) is 6.92 Å². The first kappa shape index (κ1) is 22.0. The molecule has 4 amide bonds. The number of rotatable bonds is 5. The maximum Gasteiger partial charge on any atom is 0.325 e. The van der Waals surface area contributed by atoms with E-state index in [9.17, 15) is 27.2 Å². The van der Waals surface area contributed by atoms with Gasteiger partial charge in [-0.1, -0.05) is 11.6 Å². The van der Waals surface area contributed by atoms with Crippen LogP contribution in [0.3, 0.4) is 0 Å². The second kappa shape index (κ2) is 7.72. The fourth-order valence-corrected chi connectivity index (χ4v) is 5.69. The molecule has 168 valence electrons. The topological polar surface area (TPSA) is 107 Å². The molecule has 1 atom stereocenters. The lowest BCUT2D eigenvalue weighted by atomic mass is 9.96. The van der Waals surface area contributed by atoms with Crippen LogP contribution in [0, 0.1) is 11.7 Å². The minimum atomic E-state index is -3.89. The Bertz CT molecular complexity index is 1060. The molecule has 12 heteroatoms. The van der Waals surface area contributed by atoms with Crippen molar-refractivity contribution >= 4 is 39.5 Å². The fourth-order valence-electron chi connectivity index (χ4n) is 4.00. The van der Waals surface area contributed by atoms with E-state index in [0.717, 1.165) is 35.9 Å². The first-order valence-electron chi connectivity index (χ1n) is 9.91. The molecule has 3 fully saturated rings. The van der Waals surface area contributed by atoms with Crippen LogP contribution in [0.1, 0.15) is 19.8 Å². The van der Waals surface area contributed by atoms with Crippen LogP contribution in [0.2, 0.25) is 5.02 Å². The molecule has 2 aliphatic heterocycles. The molecule has 1 N–H and O–H groups in total. The monoisotopic (exact) mass is 472 g/mol. The average Bonchev–Trinajstić information content (AvgIpc) is 3.56. The summed E-state index contributed by atoms with van der Waals surface area (Å²) in [4.78, 5) is 39.8. The summed E-state index contributed by atoms with van der Waals surface area (Å²) < 4.78 is 40.1. The van der Waals surface area contributed by atoms with Crippen molar-refractivity contribution in [2.75, 3.05) is 32.7 Å². The second-order valence-corrected chi connectivity index (χ2v) is 10.5. The molecule has 2 heterocycles. The predicted molar refractivity (Wildman–Crippen MR) is 108 cm³/mol. The van der Waals surface area contributed by atoms with Gasteiger partial charge in [-0.25, -0.2) is 17.6 Å². The molecular formula is C19H22ClFN4O5S. The van der Waals surface area contributed by atoms with Crippen LogP contribution in [0.5, 0.6) is 0 Å². The van der Waals surface area contributed by atoms with Crippen molar-refractivity contribution in [2.45, 2.75) is 30.2 Å². The highest BCUT2D eigenvalue weighted by Gasteiger charge is 2.56. The molecule has 1 aromatic carbocycles. The van der Waals surface area contributed by atoms with Crippen LogP contribution >= 0.6 is 11.6 Å². The third kappa shape index (κ3) is 3.90. The minimum Gasteiger partial charge on any atom is -0.338 e. The number of hydrogen-bond acceptors (Lipinski definition) is 5. The molecule has 4 rings (SSSR count). The van der Waals surface area contributed by atoms with E-state index in [0.29, 0.717) is 0 Å². The zero-order chi connectivity index (χ0) is 22.6. The summed E-state index contributed by atoms with van der Waals surface area (Å²) in [6.07, 6.45) is 1.72. The van der Waals surface area contributed by atoms with Gasteiger partial charge in [0, 0.05) is 26.2 Å². The van der Waals surface area contributed by atoms with E-state index in [1.165, 1.54) is 9.21 Å². The third-order valence-corrected chi connectivity index (χ3v) is 8.29. The van der Waals surface area contributed by atoms with E-state index < -0.39 is 39.2 Å². The summed E-state index contributed by atoms with van der Waals surface area (Å²) in [7, 11) is -3.89. The zero-order valence-corrected chi connectivity index (χ0v) is 18.4. The van der Waals surface area contributed by atoms with Gasteiger partial charge in [0.15, 0.2) is 0 Å². The van der Waals surface area contributed by atoms with Crippen molar-refractivity contribution in [3.63, 3.8) is 0 Å². The van der Waals surface area contributed by atoms with Crippen molar-refractivity contribution in [1.82, 2.24) is 19.4 Å². The van der Waals surface area contributed by atoms with Crippen molar-refractivity contribution in [2.24, 2.45) is 5.92 Å². The lowest BCUT2D eigenvalue weighted by Crippen LogP contribution is -2.53. The summed E-state index contributed by atoms with van der Waals surface area (Å²) >= 11 is 5.70. The van der Waals surface area contributed by atoms with E-state index in [2.05, 4.69) is 5.32 Å². The number of carbonyl (C=O) groups excluding carboxylic acids is 3. The molecule has 0 bridgehead atoms. The van der Waals surface area contributed by atoms with Crippen LogP contribution in [0.15, 0.2) is 23.1 Å². The SMILES string of the molecule is C[C@]1(C2CC2)NC(=O)N(CC(=O)N2CCN(S(=O)(=O)c3ccc(F)c(Cl)c3)CC2)C1=O. The molecule has 0 aromatic heterocycles. The van der Waals surface area contributed by atoms with Gasteiger partial charge in [-0.05, 0) is 43.9 Å². The van der Waals surface area contributed by atoms with Gasteiger partial charge in [0.25, 0.3) is 5.91 Å². The molecule has 1 aromatic rings. The Hall–Kier alpha value is -2.24. The van der Waals surface area contributed by atoms with Crippen molar-refractivity contribution in [3.05, 3.63) is 29.0 Å². The molecule has 31 heavy (non-hydrogen) atoms. The van der Waals surface area contributed by atoms with Gasteiger partial charge in [-0.3, -0.25) is 14.5 Å². The van der Waals surface area contributed by atoms with Crippen LogP contribution in [-0.4, -0.2) is 78.6 Å². The molecule has 0 unspecified atom stereocenters. The standard InChI is InChI=1S/C19H22ClFN4O5S/c1-19(12-2-3-12)17(27)25(18(28)22-19)11-16(26)23-6-8-24(9-7-23)31(29,30)13-4-5-15(21)14(20)10-13/h4-5,10,12H,2-3,6-9,11H2,1H3,(H,22,28)/t19-/m1/s1. The molecule has 2 saturated heterocycles. The number of nitrogens with zero attached hydrogens (tertiary/aromatic N) is 3. The summed E-state index contributed by atoms with van der Waals surface area (Å²) in [6, 6.07) is 2.60. The third-order valence-electron chi connectivity index (χ3n) is 6.11. The Morgan fingerprint density at radius 2 is 1.87 bits per heavy atom. The van der Waals surface area contributed by atoms with E-state index in [1.807, 2.05) is 0 Å². The highest BCUT2D eigenvalue weighted by atomic mass is 35.5. The molecule has 3 aliphatic rings. The van der Waals surface area contributed by atoms with Crippen LogP contribution in [0.25, 0.3) is 0 Å². The minimum absolute atomic E-state index is 0.0308. The zero-order valence-electron chi connectivity index (χ0n) is 16.8. The maximum absolute atomic E-state index is 13.3. The average molecular weight is 473 g/mol. The summed E-state index contributed by atoms with van der Waals surface area (Å²) in [5.74, 6) is -1.44. The first-order valence-corrected chi connectivity index (χ1v) is 11.7. The number of hydrogen-bond donors (Lipinski definition) is 1. The molecule has 1 saturated carbocycles. The Kier molecular flexibility index (Phi) is 5.47. The number of urea groups is 1. The quantitative estimate of drug-likeness (QED) is 0.644. The van der Waals surface area contributed by atoms with Crippen LogP contribution in [-0.2, 0) is 19.6 Å². The van der Waals surface area contributed by atoms with Gasteiger partial charge in [0.2, 0.25) is 15.9 Å². The smallest absolute Gasteiger partial charge is 0.325 e. The molecular weight excluding hydrogens is 451 g/mol. The molecule has 0 spiro atoms. The van der Waals surface area contributed by atoms with Crippen LogP contribution in [0.4, 0.5) is 9.18 Å². The number of sulfonamides is 1. The lowest BCUT2D eigenvalue weighted by Gasteiger charge is -2.34. The van der Waals surface area contributed by atoms with E-state index in [-0.39, 0.29) is 48.6 Å². The van der Waals surface area contributed by atoms with Crippen LogP contribution < -0.4 is 5.32 Å². The summed E-state index contributed by atoms with van der Waals surface area (Å²) in [6.45, 7) is 1.58. The van der Waals surface area contributed by atoms with E-state index in [4.69, 9.17) is 11.6 Å². The fraction of sp³-hybridized carbons (Fsp3) is 0.526. The van der Waals surface area contributed by atoms with Gasteiger partial charge in [-0.2, -0.15) is 4.31 Å². The van der Waals surface area contributed by atoms with Gasteiger partial charge < -0.3 is 10.2 Å². The Balaban J connectivity index is 1.37. The van der Waals surface area contributed by atoms with Crippen molar-refractivity contribution in [3.8, 4) is 0 Å². The van der Waals surface area contributed by atoms with Gasteiger partial charge in [-0.15, -0.1) is 0 Å². The lowest BCUT2D eigenvalue weighted by molar-refractivity contribution is -0.139. The summed E-state index contributed by atoms with van der Waals surface area (Å²) in [5, 5.41) is 2.41. The second-order valence-electron chi connectivity index (χ2n) is 8.16. The molecule has 1 aliphatic carbocycles. The Labute approximate surface area is 184 Å². The number of nitrogens with one attached hydrogen (secondary N) is 1. The maximum atomic E-state index is 13.3. The number of imide groups is 1. The van der Waals surface area contributed by atoms with Gasteiger partial charge >= 0.3 is 6.03 Å². The van der Waals surface area contributed by atoms with Gasteiger partial charge in [0.1, 0.15) is 17.9 Å².